The van der Waals surface area contributed by atoms with Gasteiger partial charge >= 0.3 is 0 Å². The monoisotopic (exact) mass is 143 g/mol. The highest BCUT2D eigenvalue weighted by molar-refractivity contribution is 4.97. The Balaban J connectivity index is 3.48. The SMILES string of the molecule is C=C/C=C\CC(O)N(C)O. The zero-order chi connectivity index (χ0) is 7.98. The highest BCUT2D eigenvalue weighted by Gasteiger charge is 2.03. The van der Waals surface area contributed by atoms with E-state index in [-0.39, 0.29) is 0 Å². The van der Waals surface area contributed by atoms with Gasteiger partial charge in [0.2, 0.25) is 0 Å². The van der Waals surface area contributed by atoms with Crippen molar-refractivity contribution in [2.24, 2.45) is 0 Å². The molecule has 0 heterocycles. The average Bonchev–Trinajstić information content (AvgIpc) is 1.88. The van der Waals surface area contributed by atoms with E-state index in [1.165, 1.54) is 7.05 Å². The first-order valence-electron chi connectivity index (χ1n) is 3.06. The molecule has 0 aliphatic rings. The molecule has 1 unspecified atom stereocenters. The van der Waals surface area contributed by atoms with Gasteiger partial charge in [-0.2, -0.15) is 5.06 Å². The molecule has 58 valence electrons. The van der Waals surface area contributed by atoms with Crippen LogP contribution in [-0.4, -0.2) is 28.7 Å². The largest absolute Gasteiger partial charge is 0.376 e. The lowest BCUT2D eigenvalue weighted by Gasteiger charge is -2.13. The Kier molecular flexibility index (Phi) is 4.84. The van der Waals surface area contributed by atoms with Crippen molar-refractivity contribution in [2.45, 2.75) is 12.6 Å². The molecule has 0 saturated carbocycles. The van der Waals surface area contributed by atoms with E-state index in [4.69, 9.17) is 10.3 Å². The third-order valence-corrected chi connectivity index (χ3v) is 1.05. The highest BCUT2D eigenvalue weighted by Crippen LogP contribution is 1.95. The first kappa shape index (κ1) is 9.36. The summed E-state index contributed by atoms with van der Waals surface area (Å²) in [5, 5.41) is 18.3. The van der Waals surface area contributed by atoms with Crippen LogP contribution in [0.4, 0.5) is 0 Å². The molecular weight excluding hydrogens is 130 g/mol. The van der Waals surface area contributed by atoms with Crippen LogP contribution in [0.5, 0.6) is 0 Å². The van der Waals surface area contributed by atoms with Crippen LogP contribution in [-0.2, 0) is 0 Å². The predicted octanol–water partition coefficient (Wildman–Crippen LogP) is 0.758. The van der Waals surface area contributed by atoms with E-state index in [1.807, 2.05) is 0 Å². The van der Waals surface area contributed by atoms with E-state index in [0.717, 1.165) is 5.06 Å². The number of nitrogens with zero attached hydrogens (tertiary/aromatic N) is 1. The highest BCUT2D eigenvalue weighted by atomic mass is 16.5. The van der Waals surface area contributed by atoms with Gasteiger partial charge in [0.05, 0.1) is 0 Å². The summed E-state index contributed by atoms with van der Waals surface area (Å²) >= 11 is 0. The van der Waals surface area contributed by atoms with Crippen LogP contribution in [0.3, 0.4) is 0 Å². The van der Waals surface area contributed by atoms with Gasteiger partial charge in [-0.05, 0) is 0 Å². The maximum absolute atomic E-state index is 8.94. The minimum Gasteiger partial charge on any atom is -0.376 e. The molecule has 0 spiro atoms. The molecule has 0 saturated heterocycles. The Bertz CT molecular complexity index is 121. The van der Waals surface area contributed by atoms with Crippen molar-refractivity contribution in [2.75, 3.05) is 7.05 Å². The summed E-state index contributed by atoms with van der Waals surface area (Å²) < 4.78 is 0. The Morgan fingerprint density at radius 3 is 2.70 bits per heavy atom. The summed E-state index contributed by atoms with van der Waals surface area (Å²) in [6.45, 7) is 3.46. The quantitative estimate of drug-likeness (QED) is 0.347. The maximum atomic E-state index is 8.94. The zero-order valence-electron chi connectivity index (χ0n) is 6.07. The van der Waals surface area contributed by atoms with Crippen LogP contribution in [0.2, 0.25) is 0 Å². The van der Waals surface area contributed by atoms with Gasteiger partial charge in [0.1, 0.15) is 6.23 Å². The van der Waals surface area contributed by atoms with Crippen LogP contribution >= 0.6 is 0 Å². The van der Waals surface area contributed by atoms with E-state index >= 15 is 0 Å². The molecule has 0 aromatic rings. The zero-order valence-corrected chi connectivity index (χ0v) is 6.07. The smallest absolute Gasteiger partial charge is 0.132 e. The number of hydroxylamine groups is 2. The number of aliphatic hydroxyl groups excluding tert-OH is 1. The number of hydrogen-bond donors (Lipinski definition) is 2. The second kappa shape index (κ2) is 5.17. The van der Waals surface area contributed by atoms with Crippen molar-refractivity contribution in [3.05, 3.63) is 24.8 Å². The van der Waals surface area contributed by atoms with Crippen molar-refractivity contribution in [3.8, 4) is 0 Å². The van der Waals surface area contributed by atoms with Gasteiger partial charge in [-0.15, -0.1) is 0 Å². The van der Waals surface area contributed by atoms with E-state index in [1.54, 1.807) is 18.2 Å². The molecule has 0 aliphatic heterocycles. The first-order chi connectivity index (χ1) is 4.68. The molecule has 0 aromatic carbocycles. The Hall–Kier alpha value is -0.640. The number of aliphatic hydroxyl groups is 1. The van der Waals surface area contributed by atoms with Crippen molar-refractivity contribution >= 4 is 0 Å². The van der Waals surface area contributed by atoms with Crippen molar-refractivity contribution < 1.29 is 10.3 Å². The summed E-state index contributed by atoms with van der Waals surface area (Å²) in [5.41, 5.74) is 0. The molecule has 0 radical (unpaired) electrons. The topological polar surface area (TPSA) is 43.7 Å². The summed E-state index contributed by atoms with van der Waals surface area (Å²) in [7, 11) is 1.40. The van der Waals surface area contributed by atoms with Gasteiger partial charge in [-0.1, -0.05) is 24.8 Å². The van der Waals surface area contributed by atoms with E-state index < -0.39 is 6.23 Å². The minimum atomic E-state index is -0.823. The van der Waals surface area contributed by atoms with Crippen molar-refractivity contribution in [3.63, 3.8) is 0 Å². The van der Waals surface area contributed by atoms with Crippen LogP contribution in [0, 0.1) is 0 Å². The molecule has 3 heteroatoms. The van der Waals surface area contributed by atoms with E-state index in [0.29, 0.717) is 6.42 Å². The van der Waals surface area contributed by atoms with Crippen molar-refractivity contribution in [1.29, 1.82) is 0 Å². The molecule has 10 heavy (non-hydrogen) atoms. The van der Waals surface area contributed by atoms with Gasteiger partial charge in [0.15, 0.2) is 0 Å². The van der Waals surface area contributed by atoms with Crippen LogP contribution in [0.15, 0.2) is 24.8 Å². The molecule has 0 bridgehead atoms. The van der Waals surface area contributed by atoms with Crippen molar-refractivity contribution in [1.82, 2.24) is 5.06 Å². The number of hydrogen-bond acceptors (Lipinski definition) is 3. The molecule has 2 N–H and O–H groups in total. The van der Waals surface area contributed by atoms with Gasteiger partial charge in [-0.3, -0.25) is 0 Å². The van der Waals surface area contributed by atoms with Gasteiger partial charge in [0, 0.05) is 13.5 Å². The van der Waals surface area contributed by atoms with Gasteiger partial charge in [0.25, 0.3) is 0 Å². The molecule has 0 rings (SSSR count). The second-order valence-corrected chi connectivity index (χ2v) is 1.95. The van der Waals surface area contributed by atoms with Crippen LogP contribution in [0.25, 0.3) is 0 Å². The number of rotatable bonds is 4. The molecule has 0 amide bonds. The lowest BCUT2D eigenvalue weighted by Crippen LogP contribution is -2.27. The maximum Gasteiger partial charge on any atom is 0.132 e. The number of allylic oxidation sites excluding steroid dienone is 2. The lowest BCUT2D eigenvalue weighted by molar-refractivity contribution is -0.175. The Morgan fingerprint density at radius 1 is 1.70 bits per heavy atom. The first-order valence-corrected chi connectivity index (χ1v) is 3.06. The second-order valence-electron chi connectivity index (χ2n) is 1.95. The lowest BCUT2D eigenvalue weighted by atomic mass is 10.3. The standard InChI is InChI=1S/C7H13NO2/c1-3-4-5-6-7(9)8(2)10/h3-5,7,9-10H,1,6H2,2H3/b5-4-. The summed E-state index contributed by atoms with van der Waals surface area (Å²) in [6, 6.07) is 0. The third-order valence-electron chi connectivity index (χ3n) is 1.05. The van der Waals surface area contributed by atoms with E-state index in [2.05, 4.69) is 6.58 Å². The Morgan fingerprint density at radius 2 is 2.30 bits per heavy atom. The fourth-order valence-corrected chi connectivity index (χ4v) is 0.449. The molecule has 1 atom stereocenters. The fourth-order valence-electron chi connectivity index (χ4n) is 0.449. The molecule has 0 fully saturated rings. The average molecular weight is 143 g/mol. The summed E-state index contributed by atoms with van der Waals surface area (Å²) in [4.78, 5) is 0. The summed E-state index contributed by atoms with van der Waals surface area (Å²) in [5.74, 6) is 0. The molecule has 0 aromatic heterocycles. The molecular formula is C7H13NO2. The molecule has 3 nitrogen and oxygen atoms in total. The normalized spacial score (nSPS) is 14.4. The van der Waals surface area contributed by atoms with E-state index in [9.17, 15) is 0 Å². The Labute approximate surface area is 60.9 Å². The van der Waals surface area contributed by atoms with Gasteiger partial charge in [-0.25, -0.2) is 0 Å². The minimum absolute atomic E-state index is 0.402. The summed E-state index contributed by atoms with van der Waals surface area (Å²) in [6.07, 6.45) is 4.64. The van der Waals surface area contributed by atoms with Gasteiger partial charge < -0.3 is 10.3 Å². The van der Waals surface area contributed by atoms with Crippen LogP contribution in [0.1, 0.15) is 6.42 Å². The fraction of sp³-hybridized carbons (Fsp3) is 0.429. The predicted molar refractivity (Wildman–Crippen MR) is 39.5 cm³/mol. The molecule has 0 aliphatic carbocycles. The third kappa shape index (κ3) is 4.26. The van der Waals surface area contributed by atoms with Crippen LogP contribution < -0.4 is 0 Å².